The Bertz CT molecular complexity index is 1490. The molecule has 0 saturated heterocycles. The van der Waals surface area contributed by atoms with E-state index < -0.39 is 0 Å². The SMILES string of the molecule is N#Cc1ccc(-n2cccc2)c(N)c1.N#Cc1ccc2c(c1)[nH]c(=O)c1cccn12. The summed E-state index contributed by atoms with van der Waals surface area (Å²) in [6, 6.07) is 22.1. The smallest absolute Gasteiger partial charge is 0.272 e. The van der Waals surface area contributed by atoms with Crippen molar-refractivity contribution in [2.45, 2.75) is 0 Å². The summed E-state index contributed by atoms with van der Waals surface area (Å²) < 4.78 is 3.73. The number of anilines is 1. The van der Waals surface area contributed by atoms with Gasteiger partial charge in [0.05, 0.1) is 45.7 Å². The zero-order valence-corrected chi connectivity index (χ0v) is 15.8. The Balaban J connectivity index is 0.000000147. The highest BCUT2D eigenvalue weighted by Gasteiger charge is 2.04. The molecule has 0 atom stereocenters. The second-order valence-electron chi connectivity index (χ2n) is 6.54. The van der Waals surface area contributed by atoms with Gasteiger partial charge in [0.25, 0.3) is 5.56 Å². The van der Waals surface area contributed by atoms with Crippen LogP contribution in [0.15, 0.2) is 84.0 Å². The zero-order valence-electron chi connectivity index (χ0n) is 15.8. The van der Waals surface area contributed by atoms with Crippen molar-refractivity contribution >= 4 is 22.2 Å². The van der Waals surface area contributed by atoms with E-state index in [4.69, 9.17) is 16.3 Å². The molecule has 0 aliphatic heterocycles. The van der Waals surface area contributed by atoms with Crippen molar-refractivity contribution in [1.82, 2.24) is 14.0 Å². The summed E-state index contributed by atoms with van der Waals surface area (Å²) in [4.78, 5) is 14.5. The van der Waals surface area contributed by atoms with Gasteiger partial charge in [0.15, 0.2) is 0 Å². The molecule has 0 fully saturated rings. The fraction of sp³-hybridized carbons (Fsp3) is 0. The van der Waals surface area contributed by atoms with Crippen molar-refractivity contribution in [3.05, 3.63) is 101 Å². The highest BCUT2D eigenvalue weighted by molar-refractivity contribution is 5.79. The Morgan fingerprint density at radius 2 is 1.53 bits per heavy atom. The van der Waals surface area contributed by atoms with Crippen LogP contribution in [-0.4, -0.2) is 14.0 Å². The average molecular weight is 392 g/mol. The number of nitrogens with zero attached hydrogens (tertiary/aromatic N) is 4. The number of fused-ring (bicyclic) bond motifs is 3. The standard InChI is InChI=1S/C12H7N3O.C11H9N3/c13-7-8-3-4-10-9(6-8)14-12(16)11-2-1-5-15(10)11;12-8-9-3-4-11(10(13)7-9)14-5-1-2-6-14/h1-6H,(H,14,16);1-7H,13H2. The lowest BCUT2D eigenvalue weighted by atomic mass is 10.2. The molecule has 2 aromatic carbocycles. The Labute approximate surface area is 171 Å². The van der Waals surface area contributed by atoms with Crippen LogP contribution in [-0.2, 0) is 0 Å². The number of hydrogen-bond acceptors (Lipinski definition) is 4. The van der Waals surface area contributed by atoms with Crippen LogP contribution < -0.4 is 11.3 Å². The molecule has 0 radical (unpaired) electrons. The van der Waals surface area contributed by atoms with Gasteiger partial charge >= 0.3 is 0 Å². The minimum Gasteiger partial charge on any atom is -0.397 e. The number of hydrogen-bond donors (Lipinski definition) is 2. The van der Waals surface area contributed by atoms with Crippen LogP contribution in [0.5, 0.6) is 0 Å². The molecule has 7 nitrogen and oxygen atoms in total. The normalized spacial score (nSPS) is 10.2. The van der Waals surface area contributed by atoms with Crippen molar-refractivity contribution in [3.8, 4) is 17.8 Å². The van der Waals surface area contributed by atoms with Crippen molar-refractivity contribution in [1.29, 1.82) is 10.5 Å². The maximum Gasteiger partial charge on any atom is 0.272 e. The highest BCUT2D eigenvalue weighted by atomic mass is 16.1. The lowest BCUT2D eigenvalue weighted by Crippen LogP contribution is -2.09. The molecule has 0 unspecified atom stereocenters. The van der Waals surface area contributed by atoms with Gasteiger partial charge in [-0.3, -0.25) is 4.79 Å². The molecule has 7 heteroatoms. The monoisotopic (exact) mass is 392 g/mol. The van der Waals surface area contributed by atoms with Gasteiger partial charge in [-0.15, -0.1) is 0 Å². The van der Waals surface area contributed by atoms with Crippen LogP contribution >= 0.6 is 0 Å². The highest BCUT2D eigenvalue weighted by Crippen LogP contribution is 2.18. The number of nitrogen functional groups attached to an aromatic ring is 1. The number of benzene rings is 2. The van der Waals surface area contributed by atoms with Crippen LogP contribution in [0.1, 0.15) is 11.1 Å². The van der Waals surface area contributed by atoms with E-state index in [0.717, 1.165) is 11.2 Å². The first-order chi connectivity index (χ1) is 14.6. The van der Waals surface area contributed by atoms with Crippen LogP contribution in [0.2, 0.25) is 0 Å². The van der Waals surface area contributed by atoms with Crippen LogP contribution in [0, 0.1) is 22.7 Å². The third-order valence-electron chi connectivity index (χ3n) is 4.65. The molecule has 0 bridgehead atoms. The Kier molecular flexibility index (Phi) is 4.78. The maximum atomic E-state index is 11.7. The topological polar surface area (TPSA) is 116 Å². The first kappa shape index (κ1) is 18.6. The molecule has 0 saturated carbocycles. The van der Waals surface area contributed by atoms with Gasteiger partial charge in [0, 0.05) is 18.6 Å². The largest absolute Gasteiger partial charge is 0.397 e. The summed E-state index contributed by atoms with van der Waals surface area (Å²) in [6.07, 6.45) is 5.66. The number of nitriles is 2. The molecule has 3 aromatic heterocycles. The van der Waals surface area contributed by atoms with Crippen molar-refractivity contribution in [2.24, 2.45) is 0 Å². The summed E-state index contributed by atoms with van der Waals surface area (Å²) in [5.41, 5.74) is 10.5. The molecule has 0 spiro atoms. The molecule has 0 aliphatic rings. The molecule has 30 heavy (non-hydrogen) atoms. The van der Waals surface area contributed by atoms with E-state index in [1.165, 1.54) is 0 Å². The minimum absolute atomic E-state index is 0.146. The Morgan fingerprint density at radius 3 is 2.23 bits per heavy atom. The first-order valence-electron chi connectivity index (χ1n) is 9.07. The fourth-order valence-corrected chi connectivity index (χ4v) is 3.23. The summed E-state index contributed by atoms with van der Waals surface area (Å²) >= 11 is 0. The van der Waals surface area contributed by atoms with Crippen LogP contribution in [0.4, 0.5) is 5.69 Å². The number of nitrogens with one attached hydrogen (secondary N) is 1. The van der Waals surface area contributed by atoms with E-state index >= 15 is 0 Å². The van der Waals surface area contributed by atoms with Crippen molar-refractivity contribution in [3.63, 3.8) is 0 Å². The van der Waals surface area contributed by atoms with Crippen LogP contribution in [0.25, 0.3) is 22.2 Å². The molecule has 0 amide bonds. The van der Waals surface area contributed by atoms with Gasteiger partial charge < -0.3 is 19.7 Å². The number of nitrogens with two attached hydrogens (primary N) is 1. The molecule has 5 aromatic rings. The third kappa shape index (κ3) is 3.39. The number of rotatable bonds is 1. The predicted octanol–water partition coefficient (Wildman–Crippen LogP) is 3.58. The molecular formula is C23H16N6O. The van der Waals surface area contributed by atoms with Gasteiger partial charge in [-0.2, -0.15) is 10.5 Å². The van der Waals surface area contributed by atoms with E-state index in [9.17, 15) is 4.79 Å². The minimum atomic E-state index is -0.146. The summed E-state index contributed by atoms with van der Waals surface area (Å²) in [5, 5.41) is 17.5. The quantitative estimate of drug-likeness (QED) is 0.424. The zero-order chi connectivity index (χ0) is 21.1. The number of H-pyrrole nitrogens is 1. The van der Waals surface area contributed by atoms with E-state index in [2.05, 4.69) is 11.1 Å². The fourth-order valence-electron chi connectivity index (χ4n) is 3.23. The van der Waals surface area contributed by atoms with E-state index in [1.54, 1.807) is 30.3 Å². The molecule has 3 N–H and O–H groups in total. The first-order valence-corrected chi connectivity index (χ1v) is 9.07. The lowest BCUT2D eigenvalue weighted by Gasteiger charge is -2.06. The maximum absolute atomic E-state index is 11.7. The Morgan fingerprint density at radius 1 is 0.833 bits per heavy atom. The second kappa shape index (κ2) is 7.70. The second-order valence-corrected chi connectivity index (χ2v) is 6.54. The van der Waals surface area contributed by atoms with E-state index in [0.29, 0.717) is 27.8 Å². The van der Waals surface area contributed by atoms with Crippen LogP contribution in [0.3, 0.4) is 0 Å². The predicted molar refractivity (Wildman–Crippen MR) is 115 cm³/mol. The van der Waals surface area contributed by atoms with Gasteiger partial charge in [-0.25, -0.2) is 0 Å². The van der Waals surface area contributed by atoms with E-state index in [-0.39, 0.29) is 5.56 Å². The van der Waals surface area contributed by atoms with Crippen molar-refractivity contribution in [2.75, 3.05) is 5.73 Å². The molecular weight excluding hydrogens is 376 g/mol. The number of aromatic amines is 1. The van der Waals surface area contributed by atoms with Gasteiger partial charge in [-0.1, -0.05) is 0 Å². The lowest BCUT2D eigenvalue weighted by molar-refractivity contribution is 1.08. The number of aromatic nitrogens is 3. The Hall–Kier alpha value is -4.75. The summed E-state index contributed by atoms with van der Waals surface area (Å²) in [5.74, 6) is 0. The molecule has 5 rings (SSSR count). The average Bonchev–Trinajstić information content (AvgIpc) is 3.46. The molecule has 144 valence electrons. The van der Waals surface area contributed by atoms with Gasteiger partial charge in [0.2, 0.25) is 0 Å². The van der Waals surface area contributed by atoms with Gasteiger partial charge in [-0.05, 0) is 60.7 Å². The summed E-state index contributed by atoms with van der Waals surface area (Å²) in [7, 11) is 0. The molecule has 0 aliphatic carbocycles. The molecule has 3 heterocycles. The third-order valence-corrected chi connectivity index (χ3v) is 4.65. The summed E-state index contributed by atoms with van der Waals surface area (Å²) in [6.45, 7) is 0. The van der Waals surface area contributed by atoms with Gasteiger partial charge in [0.1, 0.15) is 5.52 Å². The van der Waals surface area contributed by atoms with Crippen molar-refractivity contribution < 1.29 is 0 Å². The van der Waals surface area contributed by atoms with E-state index in [1.807, 2.05) is 64.0 Å².